The zero-order valence-electron chi connectivity index (χ0n) is 14.8. The molecule has 0 radical (unpaired) electrons. The van der Waals surface area contributed by atoms with Gasteiger partial charge in [-0.3, -0.25) is 14.4 Å². The molecule has 0 bridgehead atoms. The van der Waals surface area contributed by atoms with Crippen LogP contribution in [0.15, 0.2) is 36.4 Å². The van der Waals surface area contributed by atoms with Crippen LogP contribution in [0.25, 0.3) is 0 Å². The van der Waals surface area contributed by atoms with Crippen molar-refractivity contribution in [3.05, 3.63) is 46.2 Å². The lowest BCUT2D eigenvalue weighted by Gasteiger charge is -2.08. The summed E-state index contributed by atoms with van der Waals surface area (Å²) < 4.78 is 5.34. The summed E-state index contributed by atoms with van der Waals surface area (Å²) in [5.74, 6) is 0.114. The van der Waals surface area contributed by atoms with Gasteiger partial charge in [-0.25, -0.2) is 0 Å². The maximum atomic E-state index is 12.0. The Hall–Kier alpha value is -2.67. The van der Waals surface area contributed by atoms with Gasteiger partial charge in [-0.1, -0.05) is 0 Å². The van der Waals surface area contributed by atoms with E-state index in [0.717, 1.165) is 4.88 Å². The molecule has 0 saturated heterocycles. The Bertz CT molecular complexity index is 768. The molecule has 2 N–H and O–H groups in total. The number of carbonyl (C=O) groups is 3. The summed E-state index contributed by atoms with van der Waals surface area (Å²) >= 11 is 1.44. The summed E-state index contributed by atoms with van der Waals surface area (Å²) in [4.78, 5) is 37.1. The molecule has 1 aromatic carbocycles. The lowest BCUT2D eigenvalue weighted by Crippen LogP contribution is -2.28. The molecule has 0 unspecified atom stereocenters. The number of amides is 2. The number of ketones is 1. The van der Waals surface area contributed by atoms with E-state index < -0.39 is 0 Å². The number of thiophene rings is 1. The van der Waals surface area contributed by atoms with Crippen LogP contribution in [0.3, 0.4) is 0 Å². The van der Waals surface area contributed by atoms with E-state index in [9.17, 15) is 14.4 Å². The van der Waals surface area contributed by atoms with Gasteiger partial charge in [0.15, 0.2) is 12.4 Å². The van der Waals surface area contributed by atoms with E-state index in [-0.39, 0.29) is 37.0 Å². The van der Waals surface area contributed by atoms with Gasteiger partial charge in [0, 0.05) is 30.0 Å². The normalized spacial score (nSPS) is 10.2. The number of aryl methyl sites for hydroxylation is 1. The van der Waals surface area contributed by atoms with Gasteiger partial charge in [0.2, 0.25) is 5.91 Å². The predicted octanol–water partition coefficient (Wildman–Crippen LogP) is 3.17. The molecule has 0 spiro atoms. The predicted molar refractivity (Wildman–Crippen MR) is 102 cm³/mol. The second kappa shape index (κ2) is 9.72. The average Bonchev–Trinajstić information content (AvgIpc) is 3.06. The number of benzene rings is 1. The monoisotopic (exact) mass is 374 g/mol. The van der Waals surface area contributed by atoms with Crippen LogP contribution in [0.5, 0.6) is 5.75 Å². The van der Waals surface area contributed by atoms with Crippen molar-refractivity contribution >= 4 is 34.6 Å². The first-order valence-electron chi connectivity index (χ1n) is 8.37. The third kappa shape index (κ3) is 6.33. The smallest absolute Gasteiger partial charge is 0.257 e. The quantitative estimate of drug-likeness (QED) is 0.660. The summed E-state index contributed by atoms with van der Waals surface area (Å²) in [5.41, 5.74) is 0.611. The van der Waals surface area contributed by atoms with Crippen LogP contribution in [-0.2, 0) is 9.59 Å². The Morgan fingerprint density at radius 1 is 1.00 bits per heavy atom. The van der Waals surface area contributed by atoms with Gasteiger partial charge < -0.3 is 15.4 Å². The summed E-state index contributed by atoms with van der Waals surface area (Å²) in [6.07, 6.45) is 0.310. The Morgan fingerprint density at radius 2 is 1.73 bits per heavy atom. The van der Waals surface area contributed by atoms with E-state index in [0.29, 0.717) is 22.9 Å². The van der Waals surface area contributed by atoms with E-state index in [1.54, 1.807) is 30.3 Å². The van der Waals surface area contributed by atoms with Crippen LogP contribution in [-0.4, -0.2) is 30.7 Å². The van der Waals surface area contributed by atoms with Crippen LogP contribution in [0.1, 0.15) is 34.3 Å². The lowest BCUT2D eigenvalue weighted by molar-refractivity contribution is -0.123. The minimum Gasteiger partial charge on any atom is -0.484 e. The van der Waals surface area contributed by atoms with Gasteiger partial charge in [0.1, 0.15) is 5.75 Å². The molecule has 6 nitrogen and oxygen atoms in total. The highest BCUT2D eigenvalue weighted by atomic mass is 32.1. The van der Waals surface area contributed by atoms with Crippen molar-refractivity contribution in [2.75, 3.05) is 18.5 Å². The fraction of sp³-hybridized carbons (Fsp3) is 0.316. The van der Waals surface area contributed by atoms with Crippen LogP contribution >= 0.6 is 11.3 Å². The second-order valence-electron chi connectivity index (χ2n) is 5.65. The largest absolute Gasteiger partial charge is 0.484 e. The highest BCUT2D eigenvalue weighted by Crippen LogP contribution is 2.18. The fourth-order valence-electron chi connectivity index (χ4n) is 2.19. The van der Waals surface area contributed by atoms with Crippen LogP contribution in [0.4, 0.5) is 5.69 Å². The van der Waals surface area contributed by atoms with Gasteiger partial charge >= 0.3 is 0 Å². The zero-order valence-corrected chi connectivity index (χ0v) is 15.7. The van der Waals surface area contributed by atoms with Crippen LogP contribution < -0.4 is 15.4 Å². The summed E-state index contributed by atoms with van der Waals surface area (Å²) in [6.45, 7) is 4.29. The molecule has 7 heteroatoms. The van der Waals surface area contributed by atoms with E-state index in [1.165, 1.54) is 11.3 Å². The molecular weight excluding hydrogens is 352 g/mol. The Labute approximate surface area is 156 Å². The Balaban J connectivity index is 1.76. The summed E-state index contributed by atoms with van der Waals surface area (Å²) in [5, 5.41) is 5.39. The minimum atomic E-state index is -0.220. The maximum Gasteiger partial charge on any atom is 0.257 e. The number of hydrogen-bond acceptors (Lipinski definition) is 5. The molecule has 26 heavy (non-hydrogen) atoms. The maximum absolute atomic E-state index is 12.0. The van der Waals surface area contributed by atoms with Gasteiger partial charge in [0.05, 0.1) is 4.88 Å². The Morgan fingerprint density at radius 3 is 2.35 bits per heavy atom. The molecule has 138 valence electrons. The van der Waals surface area contributed by atoms with Crippen molar-refractivity contribution in [2.24, 2.45) is 0 Å². The topological polar surface area (TPSA) is 84.5 Å². The molecular formula is C19H22N2O4S. The van der Waals surface area contributed by atoms with E-state index in [1.807, 2.05) is 19.9 Å². The first-order chi connectivity index (χ1) is 12.5. The minimum absolute atomic E-state index is 0.0210. The molecule has 0 aliphatic heterocycles. The first kappa shape index (κ1) is 19.7. The van der Waals surface area contributed by atoms with Gasteiger partial charge in [-0.15, -0.1) is 11.3 Å². The zero-order chi connectivity index (χ0) is 18.9. The van der Waals surface area contributed by atoms with Crippen molar-refractivity contribution in [2.45, 2.75) is 26.7 Å². The standard InChI is InChI=1S/C19H22N2O4S/c1-3-20-19(24)12-25-15-7-5-14(6-8-15)21-18(23)11-9-16(22)17-10-4-13(2)26-17/h4-8,10H,3,9,11-12H2,1-2H3,(H,20,24)(H,21,23). The molecule has 0 saturated carbocycles. The molecule has 2 amide bonds. The van der Waals surface area contributed by atoms with Crippen molar-refractivity contribution in [1.82, 2.24) is 5.32 Å². The number of nitrogens with one attached hydrogen (secondary N) is 2. The van der Waals surface area contributed by atoms with E-state index in [4.69, 9.17) is 4.74 Å². The number of rotatable bonds is 9. The molecule has 0 atom stereocenters. The fourth-order valence-corrected chi connectivity index (χ4v) is 3.02. The van der Waals surface area contributed by atoms with E-state index >= 15 is 0 Å². The van der Waals surface area contributed by atoms with Crippen molar-refractivity contribution in [3.8, 4) is 5.75 Å². The average molecular weight is 374 g/mol. The highest BCUT2D eigenvalue weighted by molar-refractivity contribution is 7.14. The van der Waals surface area contributed by atoms with Crippen molar-refractivity contribution in [3.63, 3.8) is 0 Å². The number of Topliss-reactive ketones (excluding diaryl/α,β-unsaturated/α-hetero) is 1. The summed E-state index contributed by atoms with van der Waals surface area (Å²) in [7, 11) is 0. The third-order valence-electron chi connectivity index (χ3n) is 3.48. The Kier molecular flexibility index (Phi) is 7.35. The van der Waals surface area contributed by atoms with Crippen LogP contribution in [0, 0.1) is 6.92 Å². The number of ether oxygens (including phenoxy) is 1. The molecule has 0 aliphatic rings. The molecule has 2 aromatic rings. The molecule has 0 fully saturated rings. The number of anilines is 1. The number of likely N-dealkylation sites (N-methyl/N-ethyl adjacent to an activating group) is 1. The first-order valence-corrected chi connectivity index (χ1v) is 9.18. The molecule has 1 heterocycles. The van der Waals surface area contributed by atoms with Crippen molar-refractivity contribution < 1.29 is 19.1 Å². The van der Waals surface area contributed by atoms with Gasteiger partial charge in [-0.2, -0.15) is 0 Å². The molecule has 1 aromatic heterocycles. The lowest BCUT2D eigenvalue weighted by atomic mass is 10.2. The number of carbonyl (C=O) groups excluding carboxylic acids is 3. The highest BCUT2D eigenvalue weighted by Gasteiger charge is 2.11. The third-order valence-corrected chi connectivity index (χ3v) is 4.52. The van der Waals surface area contributed by atoms with E-state index in [2.05, 4.69) is 10.6 Å². The number of hydrogen-bond donors (Lipinski definition) is 2. The SMILES string of the molecule is CCNC(=O)COc1ccc(NC(=O)CCC(=O)c2ccc(C)s2)cc1. The van der Waals surface area contributed by atoms with Gasteiger partial charge in [-0.05, 0) is 50.2 Å². The molecule has 0 aliphatic carbocycles. The summed E-state index contributed by atoms with van der Waals surface area (Å²) in [6, 6.07) is 10.4. The van der Waals surface area contributed by atoms with Gasteiger partial charge in [0.25, 0.3) is 5.91 Å². The van der Waals surface area contributed by atoms with Crippen molar-refractivity contribution in [1.29, 1.82) is 0 Å². The second-order valence-corrected chi connectivity index (χ2v) is 6.94. The van der Waals surface area contributed by atoms with Crippen LogP contribution in [0.2, 0.25) is 0 Å². The molecule has 2 rings (SSSR count).